The van der Waals surface area contributed by atoms with E-state index in [9.17, 15) is 18.8 Å². The van der Waals surface area contributed by atoms with E-state index in [-0.39, 0.29) is 169 Å². The molecule has 27 heteroatoms. The number of rotatable bonds is 6. The summed E-state index contributed by atoms with van der Waals surface area (Å²) in [6.07, 6.45) is 4.48. The Labute approximate surface area is 514 Å². The predicted molar refractivity (Wildman–Crippen MR) is 257 cm³/mol. The summed E-state index contributed by atoms with van der Waals surface area (Å²) in [5.74, 6) is 0.119. The summed E-state index contributed by atoms with van der Waals surface area (Å²) in [5, 5.41) is 71.4. The van der Waals surface area contributed by atoms with Gasteiger partial charge in [-0.15, -0.1) is 0 Å². The predicted octanol–water partition coefficient (Wildman–Crippen LogP) is 3.99. The molecule has 7 heterocycles. The quantitative estimate of drug-likeness (QED) is 0.0903. The topological polar surface area (TPSA) is 316 Å². The zero-order chi connectivity index (χ0) is 53.9. The van der Waals surface area contributed by atoms with Gasteiger partial charge in [0.2, 0.25) is 0 Å². The minimum atomic E-state index is -4.11. The van der Waals surface area contributed by atoms with E-state index in [1.807, 2.05) is 27.7 Å². The van der Waals surface area contributed by atoms with E-state index in [0.717, 1.165) is 19.8 Å². The van der Waals surface area contributed by atoms with Crippen LogP contribution < -0.4 is 20.0 Å². The summed E-state index contributed by atoms with van der Waals surface area (Å²) in [4.78, 5) is 0.352. The third-order valence-electron chi connectivity index (χ3n) is 8.63. The van der Waals surface area contributed by atoms with E-state index in [1.54, 1.807) is 61.5 Å². The fraction of sp³-hybridized carbons (Fsp3) is 0.723. The standard InChI is InChI=1S/C10H19NO2.C10H18O3.C8H6N2O5S.C4H5NO2.C3H3N2O2.3C3H8O.C2H6.CH4.3Y/c1-6(2)11-8-5-13-9-7(3)4-12-10(8)9;1-6(2)13-8-5-12-9-7(3)4-11-10(8)9;11-7-8(10(12)15-9-7)16(13,14)6-4-2-1-3-5-6;1-4-2-3-7-5(4)6;1-3-2-5(6)7-4-3;3*1-3(2)4;1-2;;;;/h6-11H,4-5H2,1-3H3;6-10H,4-5H2,1-3H3;1-5H,(H,9,11);3,6H,1H3;1H3;3*3-4H,1-2H3;1-2H3;1H4;;;/q;;;;-1;;;;;;;;/t2*7?,8?,9-,10-;;;;;;;;;;;/m00.........../s1. The fourth-order valence-corrected chi connectivity index (χ4v) is 7.36. The van der Waals surface area contributed by atoms with Gasteiger partial charge in [0.15, 0.2) is 4.90 Å². The summed E-state index contributed by atoms with van der Waals surface area (Å²) >= 11 is 0. The van der Waals surface area contributed by atoms with Crippen molar-refractivity contribution in [2.24, 2.45) is 11.8 Å². The zero-order valence-corrected chi connectivity index (χ0v) is 54.6. The second-order valence-electron chi connectivity index (χ2n) is 17.3. The van der Waals surface area contributed by atoms with Crippen molar-refractivity contribution in [1.82, 2.24) is 15.6 Å². The van der Waals surface area contributed by atoms with Crippen molar-refractivity contribution in [3.8, 4) is 5.88 Å². The van der Waals surface area contributed by atoms with Crippen molar-refractivity contribution >= 4 is 9.84 Å². The average molecular weight is 1310 g/mol. The first-order valence-electron chi connectivity index (χ1n) is 23.2. The molecule has 4 aliphatic rings. The average Bonchev–Trinajstić information content (AvgIpc) is 4.15. The van der Waals surface area contributed by atoms with Gasteiger partial charge in [-0.2, -0.15) is 6.20 Å². The SMILES string of the molecule is C.CC.CC(C)NC1CO[C@H]2C(C)CO[C@@H]12.CC(C)O.CC(C)O.CC(C)O.CC(C)OC1CO[C@H]2C(C)CO[C@@H]12.Cc1[c-][n+]([O-])on1.Cc1[c-]co[n+]1O.O=S(=O)(c1ccccc1)c1c(O)no[n+]1[O-].[Y].[Y].[Y]. The number of hydrogen-bond donors (Lipinski definition) is 6. The van der Waals surface area contributed by atoms with Crippen LogP contribution in [0, 0.1) is 48.4 Å². The zero-order valence-electron chi connectivity index (χ0n) is 45.3. The summed E-state index contributed by atoms with van der Waals surface area (Å²) in [5.41, 5.74) is 1.04. The van der Waals surface area contributed by atoms with Gasteiger partial charge in [-0.3, -0.25) is 9.26 Å². The number of aliphatic hydroxyl groups is 3. The molecule has 0 aliphatic carbocycles. The number of nitrogens with one attached hydrogen (secondary N) is 1. The van der Waals surface area contributed by atoms with Crippen LogP contribution in [-0.4, -0.2) is 138 Å². The Hall–Kier alpha value is -1.19. The van der Waals surface area contributed by atoms with Crippen LogP contribution in [-0.2, 0) is 132 Å². The summed E-state index contributed by atoms with van der Waals surface area (Å²) in [6.45, 7) is 33.6. The van der Waals surface area contributed by atoms with Crippen molar-refractivity contribution in [1.29, 1.82) is 0 Å². The maximum Gasteiger partial charge on any atom is 0.412 e. The molecule has 4 aliphatic heterocycles. The number of fused-ring (bicyclic) bond motifs is 2. The van der Waals surface area contributed by atoms with E-state index in [2.05, 4.69) is 69.4 Å². The molecule has 4 unspecified atom stereocenters. The molecule has 23 nitrogen and oxygen atoms in total. The number of aliphatic hydroxyl groups excluding tert-OH is 3. The Balaban J connectivity index is -0.000000254. The maximum atomic E-state index is 11.9. The molecule has 4 fully saturated rings. The van der Waals surface area contributed by atoms with Gasteiger partial charge in [0.25, 0.3) is 9.84 Å². The first-order valence-corrected chi connectivity index (χ1v) is 24.7. The number of aromatic nitrogens is 5. The smallest absolute Gasteiger partial charge is 0.412 e. The Morgan fingerprint density at radius 3 is 1.55 bits per heavy atom. The van der Waals surface area contributed by atoms with Gasteiger partial charge in [0.05, 0.1) is 60.8 Å². The van der Waals surface area contributed by atoms with Crippen LogP contribution in [0.15, 0.2) is 60.3 Å². The molecule has 0 saturated carbocycles. The van der Waals surface area contributed by atoms with E-state index in [1.165, 1.54) is 30.5 Å². The molecule has 0 spiro atoms. The molecule has 8 atom stereocenters. The van der Waals surface area contributed by atoms with Crippen LogP contribution in [0.2, 0.25) is 0 Å². The largest absolute Gasteiger partial charge is 0.470 e. The second-order valence-corrected chi connectivity index (χ2v) is 19.2. The van der Waals surface area contributed by atoms with Crippen LogP contribution in [0.4, 0.5) is 0 Å². The first-order chi connectivity index (χ1) is 32.7. The Morgan fingerprint density at radius 2 is 1.20 bits per heavy atom. The number of nitrogens with zero attached hydrogens (tertiary/aromatic N) is 5. The molecule has 421 valence electrons. The van der Waals surface area contributed by atoms with Crippen molar-refractivity contribution in [2.75, 3.05) is 26.4 Å². The van der Waals surface area contributed by atoms with Crippen LogP contribution in [0.5, 0.6) is 5.88 Å². The molecule has 74 heavy (non-hydrogen) atoms. The van der Waals surface area contributed by atoms with Crippen LogP contribution in [0.1, 0.15) is 116 Å². The van der Waals surface area contributed by atoms with Crippen molar-refractivity contribution in [3.05, 3.63) is 70.7 Å². The van der Waals surface area contributed by atoms with Crippen molar-refractivity contribution in [2.45, 2.75) is 195 Å². The van der Waals surface area contributed by atoms with E-state index >= 15 is 0 Å². The summed E-state index contributed by atoms with van der Waals surface area (Å²) in [6, 6.07) is 10.7. The number of aryl methyl sites for hydroxylation is 2. The normalized spacial score (nSPS) is 21.4. The number of hydrogen-bond acceptors (Lipinski definition) is 20. The van der Waals surface area contributed by atoms with Crippen molar-refractivity contribution in [3.63, 3.8) is 0 Å². The summed E-state index contributed by atoms with van der Waals surface area (Å²) < 4.78 is 64.6. The van der Waals surface area contributed by atoms with Crippen LogP contribution >= 0.6 is 0 Å². The third-order valence-corrected chi connectivity index (χ3v) is 10.4. The maximum absolute atomic E-state index is 11.9. The number of sulfone groups is 1. The molecular weight excluding hydrogens is 1220 g/mol. The molecule has 1 aromatic carbocycles. The van der Waals surface area contributed by atoms with Crippen LogP contribution in [0.3, 0.4) is 0 Å². The molecule has 6 N–H and O–H groups in total. The first kappa shape index (κ1) is 81.7. The van der Waals surface area contributed by atoms with E-state index in [4.69, 9.17) is 49.3 Å². The number of ether oxygens (including phenoxy) is 5. The molecule has 3 radical (unpaired) electrons. The summed E-state index contributed by atoms with van der Waals surface area (Å²) in [7, 11) is -4.11. The molecule has 0 amide bonds. The Bertz CT molecular complexity index is 1940. The van der Waals surface area contributed by atoms with E-state index < -0.39 is 20.7 Å². The molecule has 8 rings (SSSR count). The minimum absolute atomic E-state index is 0. The van der Waals surface area contributed by atoms with E-state index in [0.29, 0.717) is 52.9 Å². The van der Waals surface area contributed by atoms with Gasteiger partial charge in [-0.1, -0.05) is 67.2 Å². The number of aromatic hydroxyl groups is 1. The minimum Gasteiger partial charge on any atom is -0.470 e. The molecular formula is C47H85N6O17SY3-. The molecule has 3 aromatic heterocycles. The van der Waals surface area contributed by atoms with Gasteiger partial charge in [-0.05, 0) is 91.4 Å². The van der Waals surface area contributed by atoms with Gasteiger partial charge < -0.3 is 65.9 Å². The van der Waals surface area contributed by atoms with Gasteiger partial charge in [-0.25, -0.2) is 23.1 Å². The Kier molecular flexibility index (Phi) is 48.2. The van der Waals surface area contributed by atoms with Gasteiger partial charge in [0, 0.05) is 146 Å². The van der Waals surface area contributed by atoms with Gasteiger partial charge in [0.1, 0.15) is 24.0 Å². The monoisotopic (exact) mass is 1300 g/mol. The molecule has 4 saturated heterocycles. The molecule has 4 aromatic rings. The third kappa shape index (κ3) is 32.6. The molecule has 0 bridgehead atoms. The fourth-order valence-electron chi connectivity index (χ4n) is 6.11. The Morgan fingerprint density at radius 1 is 0.743 bits per heavy atom. The second kappa shape index (κ2) is 43.7. The van der Waals surface area contributed by atoms with Crippen LogP contribution in [0.25, 0.3) is 0 Å². The number of benzene rings is 1. The van der Waals surface area contributed by atoms with Gasteiger partial charge >= 0.3 is 10.9 Å². The van der Waals surface area contributed by atoms with Crippen molar-refractivity contribution < 1.29 is 184 Å².